The summed E-state index contributed by atoms with van der Waals surface area (Å²) in [4.78, 5) is 4.57. The third-order valence-electron chi connectivity index (χ3n) is 2.60. The van der Waals surface area contributed by atoms with Gasteiger partial charge in [0, 0.05) is 23.4 Å². The van der Waals surface area contributed by atoms with Crippen LogP contribution in [-0.4, -0.2) is 16.7 Å². The predicted octanol–water partition coefficient (Wildman–Crippen LogP) is 2.30. The monoisotopic (exact) mass is 193 g/mol. The van der Waals surface area contributed by atoms with Gasteiger partial charge < -0.3 is 5.11 Å². The van der Waals surface area contributed by atoms with Crippen LogP contribution in [-0.2, 0) is 11.8 Å². The maximum Gasteiger partial charge on any atom is 0.0464 e. The molecule has 1 N–H and O–H groups in total. The number of aryl methyl sites for hydroxylation is 1. The van der Waals surface area contributed by atoms with Gasteiger partial charge in [-0.15, -0.1) is 0 Å². The highest BCUT2D eigenvalue weighted by atomic mass is 16.3. The molecule has 2 nitrogen and oxygen atoms in total. The largest absolute Gasteiger partial charge is 0.396 e. The minimum Gasteiger partial charge on any atom is -0.396 e. The summed E-state index contributed by atoms with van der Waals surface area (Å²) in [6.07, 6.45) is 1.72. The van der Waals surface area contributed by atoms with Gasteiger partial charge in [0.25, 0.3) is 0 Å². The molecular formula is C12H19NO. The van der Waals surface area contributed by atoms with Gasteiger partial charge >= 0.3 is 0 Å². The van der Waals surface area contributed by atoms with E-state index in [0.29, 0.717) is 0 Å². The topological polar surface area (TPSA) is 33.1 Å². The van der Waals surface area contributed by atoms with Crippen molar-refractivity contribution in [2.45, 2.75) is 39.0 Å². The molecule has 1 aromatic rings. The minimum absolute atomic E-state index is 0.0278. The molecule has 0 atom stereocenters. The number of hydrogen-bond acceptors (Lipinski definition) is 2. The molecular weight excluding hydrogens is 174 g/mol. The van der Waals surface area contributed by atoms with Gasteiger partial charge in [0.15, 0.2) is 0 Å². The molecule has 2 heteroatoms. The van der Waals surface area contributed by atoms with E-state index in [1.807, 2.05) is 18.2 Å². The van der Waals surface area contributed by atoms with E-state index in [1.165, 1.54) is 0 Å². The summed E-state index contributed by atoms with van der Waals surface area (Å²) in [6, 6.07) is 6.12. The summed E-state index contributed by atoms with van der Waals surface area (Å²) in [5, 5.41) is 8.96. The van der Waals surface area contributed by atoms with Crippen LogP contribution >= 0.6 is 0 Å². The Kier molecular flexibility index (Phi) is 3.64. The van der Waals surface area contributed by atoms with Gasteiger partial charge in [-0.1, -0.05) is 26.8 Å². The minimum atomic E-state index is -0.0278. The van der Waals surface area contributed by atoms with Crippen LogP contribution in [0.25, 0.3) is 0 Å². The van der Waals surface area contributed by atoms with Gasteiger partial charge in [0.2, 0.25) is 0 Å². The molecule has 0 aliphatic heterocycles. The molecule has 0 aromatic carbocycles. The highest BCUT2D eigenvalue weighted by Crippen LogP contribution is 2.24. The maximum absolute atomic E-state index is 8.96. The second-order valence-corrected chi connectivity index (χ2v) is 4.23. The summed E-state index contributed by atoms with van der Waals surface area (Å²) in [7, 11) is 0. The lowest BCUT2D eigenvalue weighted by Gasteiger charge is -2.23. The Labute approximate surface area is 86.0 Å². The molecule has 0 aliphatic carbocycles. The van der Waals surface area contributed by atoms with Crippen molar-refractivity contribution in [2.24, 2.45) is 0 Å². The number of rotatable bonds is 4. The van der Waals surface area contributed by atoms with Crippen molar-refractivity contribution in [3.05, 3.63) is 29.6 Å². The molecule has 0 fully saturated rings. The summed E-state index contributed by atoms with van der Waals surface area (Å²) >= 11 is 0. The first-order valence-corrected chi connectivity index (χ1v) is 5.17. The lowest BCUT2D eigenvalue weighted by atomic mass is 9.85. The number of hydrogen-bond donors (Lipinski definition) is 1. The predicted molar refractivity (Wildman–Crippen MR) is 58.3 cm³/mol. The van der Waals surface area contributed by atoms with E-state index >= 15 is 0 Å². The fourth-order valence-electron chi connectivity index (χ4n) is 1.46. The number of aliphatic hydroxyl groups is 1. The van der Waals surface area contributed by atoms with Gasteiger partial charge in [0.05, 0.1) is 0 Å². The standard InChI is InChI=1S/C12H19NO/c1-4-10-6-5-7-11(13-10)12(2,3)8-9-14/h5-7,14H,4,8-9H2,1-3H3. The highest BCUT2D eigenvalue weighted by Gasteiger charge is 2.21. The number of aromatic nitrogens is 1. The van der Waals surface area contributed by atoms with Gasteiger partial charge in [-0.3, -0.25) is 4.98 Å². The van der Waals surface area contributed by atoms with E-state index in [9.17, 15) is 0 Å². The molecule has 1 heterocycles. The smallest absolute Gasteiger partial charge is 0.0464 e. The van der Waals surface area contributed by atoms with Crippen molar-refractivity contribution in [2.75, 3.05) is 6.61 Å². The van der Waals surface area contributed by atoms with Crippen molar-refractivity contribution in [1.82, 2.24) is 4.98 Å². The molecule has 78 valence electrons. The quantitative estimate of drug-likeness (QED) is 0.796. The van der Waals surface area contributed by atoms with Gasteiger partial charge in [-0.2, -0.15) is 0 Å². The average molecular weight is 193 g/mol. The van der Waals surface area contributed by atoms with E-state index in [4.69, 9.17) is 5.11 Å². The zero-order chi connectivity index (χ0) is 10.6. The normalized spacial score (nSPS) is 11.7. The van der Waals surface area contributed by atoms with Crippen molar-refractivity contribution < 1.29 is 5.11 Å². The Bertz CT molecular complexity index is 294. The molecule has 0 saturated heterocycles. The molecule has 1 rings (SSSR count). The summed E-state index contributed by atoms with van der Waals surface area (Å²) < 4.78 is 0. The fraction of sp³-hybridized carbons (Fsp3) is 0.583. The zero-order valence-electron chi connectivity index (χ0n) is 9.25. The molecule has 14 heavy (non-hydrogen) atoms. The van der Waals surface area contributed by atoms with E-state index in [0.717, 1.165) is 24.2 Å². The molecule has 0 unspecified atom stereocenters. The second-order valence-electron chi connectivity index (χ2n) is 4.23. The summed E-state index contributed by atoms with van der Waals surface area (Å²) in [5.41, 5.74) is 2.17. The number of pyridine rings is 1. The SMILES string of the molecule is CCc1cccc(C(C)(C)CCO)n1. The Morgan fingerprint density at radius 1 is 1.36 bits per heavy atom. The Morgan fingerprint density at radius 3 is 2.64 bits per heavy atom. The van der Waals surface area contributed by atoms with Crippen molar-refractivity contribution in [1.29, 1.82) is 0 Å². The first kappa shape index (κ1) is 11.2. The first-order chi connectivity index (χ1) is 6.60. The second kappa shape index (κ2) is 4.56. The molecule has 0 spiro atoms. The van der Waals surface area contributed by atoms with Crippen LogP contribution in [0.5, 0.6) is 0 Å². The number of aliphatic hydroxyl groups excluding tert-OH is 1. The van der Waals surface area contributed by atoms with Crippen LogP contribution in [0.1, 0.15) is 38.6 Å². The van der Waals surface area contributed by atoms with Crippen molar-refractivity contribution >= 4 is 0 Å². The van der Waals surface area contributed by atoms with Crippen molar-refractivity contribution in [3.8, 4) is 0 Å². The zero-order valence-corrected chi connectivity index (χ0v) is 9.25. The highest BCUT2D eigenvalue weighted by molar-refractivity contribution is 5.18. The van der Waals surface area contributed by atoms with Gasteiger partial charge in [-0.05, 0) is 25.0 Å². The molecule has 0 amide bonds. The molecule has 0 bridgehead atoms. The fourth-order valence-corrected chi connectivity index (χ4v) is 1.46. The third kappa shape index (κ3) is 2.55. The third-order valence-corrected chi connectivity index (χ3v) is 2.60. The lowest BCUT2D eigenvalue weighted by molar-refractivity contribution is 0.250. The van der Waals surface area contributed by atoms with E-state index in [1.54, 1.807) is 0 Å². The molecule has 0 radical (unpaired) electrons. The molecule has 1 aromatic heterocycles. The molecule has 0 aliphatic rings. The van der Waals surface area contributed by atoms with E-state index in [-0.39, 0.29) is 12.0 Å². The number of nitrogens with zero attached hydrogens (tertiary/aromatic N) is 1. The molecule has 0 saturated carbocycles. The summed E-state index contributed by atoms with van der Waals surface area (Å²) in [5.74, 6) is 0. The van der Waals surface area contributed by atoms with Gasteiger partial charge in [0.1, 0.15) is 0 Å². The lowest BCUT2D eigenvalue weighted by Crippen LogP contribution is -2.20. The van der Waals surface area contributed by atoms with E-state index in [2.05, 4.69) is 25.8 Å². The summed E-state index contributed by atoms with van der Waals surface area (Å²) in [6.45, 7) is 6.55. The van der Waals surface area contributed by atoms with Crippen LogP contribution in [0.4, 0.5) is 0 Å². The Hall–Kier alpha value is -0.890. The van der Waals surface area contributed by atoms with Crippen LogP contribution in [0.2, 0.25) is 0 Å². The average Bonchev–Trinajstić information content (AvgIpc) is 2.18. The van der Waals surface area contributed by atoms with Gasteiger partial charge in [-0.25, -0.2) is 0 Å². The van der Waals surface area contributed by atoms with Crippen LogP contribution in [0, 0.1) is 0 Å². The van der Waals surface area contributed by atoms with E-state index < -0.39 is 0 Å². The maximum atomic E-state index is 8.96. The van der Waals surface area contributed by atoms with Crippen LogP contribution in [0.3, 0.4) is 0 Å². The Morgan fingerprint density at radius 2 is 2.07 bits per heavy atom. The Balaban J connectivity index is 2.93. The van der Waals surface area contributed by atoms with Crippen LogP contribution < -0.4 is 0 Å². The van der Waals surface area contributed by atoms with Crippen molar-refractivity contribution in [3.63, 3.8) is 0 Å². The first-order valence-electron chi connectivity index (χ1n) is 5.17. The van der Waals surface area contributed by atoms with Crippen LogP contribution in [0.15, 0.2) is 18.2 Å².